The molecule has 2 aromatic rings. The first-order valence-corrected chi connectivity index (χ1v) is 5.80. The van der Waals surface area contributed by atoms with E-state index in [9.17, 15) is 0 Å². The van der Waals surface area contributed by atoms with Crippen LogP contribution in [0.5, 0.6) is 0 Å². The molecule has 1 unspecified atom stereocenters. The normalized spacial score (nSPS) is 13.3. The van der Waals surface area contributed by atoms with Crippen molar-refractivity contribution >= 4 is 26.9 Å². The molecule has 1 heterocycles. The second kappa shape index (κ2) is 3.99. The van der Waals surface area contributed by atoms with Gasteiger partial charge >= 0.3 is 0 Å². The van der Waals surface area contributed by atoms with Gasteiger partial charge in [0.05, 0.1) is 0 Å². The molecule has 0 fully saturated rings. The van der Waals surface area contributed by atoms with Crippen LogP contribution in [0.4, 0.5) is 0 Å². The number of halogens is 1. The molecule has 0 radical (unpaired) electrons. The van der Waals surface area contributed by atoms with Crippen molar-refractivity contribution in [2.45, 2.75) is 26.3 Å². The van der Waals surface area contributed by atoms with E-state index in [1.54, 1.807) is 0 Å². The van der Waals surface area contributed by atoms with Gasteiger partial charge in [-0.05, 0) is 37.6 Å². The van der Waals surface area contributed by atoms with Gasteiger partial charge < -0.3 is 10.2 Å². The third kappa shape index (κ3) is 2.08. The zero-order chi connectivity index (χ0) is 11.0. The number of hydrogen-bond donors (Lipinski definition) is 1. The summed E-state index contributed by atoms with van der Waals surface area (Å²) < 4.78 is 6.84. The minimum absolute atomic E-state index is 0.132. The molecule has 2 N–H and O–H groups in total. The van der Waals surface area contributed by atoms with Crippen LogP contribution < -0.4 is 5.73 Å². The first-order valence-electron chi connectivity index (χ1n) is 5.01. The number of aryl methyl sites for hydroxylation is 1. The van der Waals surface area contributed by atoms with Crippen molar-refractivity contribution in [3.05, 3.63) is 34.0 Å². The maximum absolute atomic E-state index is 5.78. The summed E-state index contributed by atoms with van der Waals surface area (Å²) in [5.74, 6) is 0.998. The standard InChI is InChI=1S/C12H14BrNO/c1-7(14)5-12-8(2)10-6-9(13)3-4-11(10)15-12/h3-4,6-7H,5,14H2,1-2H3. The van der Waals surface area contributed by atoms with Crippen LogP contribution in [0.15, 0.2) is 27.1 Å². The highest BCUT2D eigenvalue weighted by molar-refractivity contribution is 9.10. The van der Waals surface area contributed by atoms with E-state index in [2.05, 4.69) is 28.9 Å². The molecule has 0 aliphatic carbocycles. The summed E-state index contributed by atoms with van der Waals surface area (Å²) in [7, 11) is 0. The molecule has 0 aliphatic heterocycles. The number of fused-ring (bicyclic) bond motifs is 1. The summed E-state index contributed by atoms with van der Waals surface area (Å²) in [4.78, 5) is 0. The van der Waals surface area contributed by atoms with Gasteiger partial charge in [-0.3, -0.25) is 0 Å². The summed E-state index contributed by atoms with van der Waals surface area (Å²) in [6, 6.07) is 6.18. The van der Waals surface area contributed by atoms with E-state index in [-0.39, 0.29) is 6.04 Å². The maximum atomic E-state index is 5.78. The van der Waals surface area contributed by atoms with Crippen molar-refractivity contribution in [3.63, 3.8) is 0 Å². The Hall–Kier alpha value is -0.800. The molecule has 80 valence electrons. The zero-order valence-electron chi connectivity index (χ0n) is 8.88. The number of hydrogen-bond acceptors (Lipinski definition) is 2. The molecule has 15 heavy (non-hydrogen) atoms. The molecule has 0 bridgehead atoms. The Morgan fingerprint density at radius 2 is 2.20 bits per heavy atom. The molecule has 0 saturated carbocycles. The second-order valence-corrected chi connectivity index (χ2v) is 4.89. The predicted molar refractivity (Wildman–Crippen MR) is 66.0 cm³/mol. The average molecular weight is 268 g/mol. The number of nitrogens with two attached hydrogens (primary N) is 1. The smallest absolute Gasteiger partial charge is 0.134 e. The van der Waals surface area contributed by atoms with Crippen molar-refractivity contribution in [2.75, 3.05) is 0 Å². The highest BCUT2D eigenvalue weighted by Crippen LogP contribution is 2.28. The van der Waals surface area contributed by atoms with Crippen molar-refractivity contribution < 1.29 is 4.42 Å². The Labute approximate surface area is 97.6 Å². The van der Waals surface area contributed by atoms with Crippen molar-refractivity contribution in [1.29, 1.82) is 0 Å². The lowest BCUT2D eigenvalue weighted by molar-refractivity contribution is 0.521. The van der Waals surface area contributed by atoms with Crippen molar-refractivity contribution in [3.8, 4) is 0 Å². The lowest BCUT2D eigenvalue weighted by Gasteiger charge is -2.01. The second-order valence-electron chi connectivity index (χ2n) is 3.97. The lowest BCUT2D eigenvalue weighted by atomic mass is 10.1. The van der Waals surface area contributed by atoms with Gasteiger partial charge in [0.15, 0.2) is 0 Å². The van der Waals surface area contributed by atoms with E-state index in [4.69, 9.17) is 10.2 Å². The molecular formula is C12H14BrNO. The molecule has 0 amide bonds. The van der Waals surface area contributed by atoms with Gasteiger partial charge in [0.25, 0.3) is 0 Å². The van der Waals surface area contributed by atoms with Gasteiger partial charge in [-0.15, -0.1) is 0 Å². The highest BCUT2D eigenvalue weighted by Gasteiger charge is 2.11. The van der Waals surface area contributed by atoms with Crippen LogP contribution in [0.1, 0.15) is 18.2 Å². The van der Waals surface area contributed by atoms with Gasteiger partial charge in [-0.25, -0.2) is 0 Å². The van der Waals surface area contributed by atoms with Crippen LogP contribution in [0.2, 0.25) is 0 Å². The quantitative estimate of drug-likeness (QED) is 0.906. The molecule has 1 aromatic heterocycles. The van der Waals surface area contributed by atoms with E-state index in [1.165, 1.54) is 10.9 Å². The Bertz CT molecular complexity index is 488. The first-order chi connectivity index (χ1) is 7.08. The highest BCUT2D eigenvalue weighted by atomic mass is 79.9. The van der Waals surface area contributed by atoms with E-state index in [0.29, 0.717) is 0 Å². The Kier molecular flexibility index (Phi) is 2.85. The fourth-order valence-corrected chi connectivity index (χ4v) is 2.09. The van der Waals surface area contributed by atoms with E-state index >= 15 is 0 Å². The molecule has 1 aromatic carbocycles. The molecular weight excluding hydrogens is 254 g/mol. The Morgan fingerprint density at radius 3 is 2.87 bits per heavy atom. The van der Waals surface area contributed by atoms with E-state index < -0.39 is 0 Å². The lowest BCUT2D eigenvalue weighted by Crippen LogP contribution is -2.17. The summed E-state index contributed by atoms with van der Waals surface area (Å²) >= 11 is 3.46. The minimum atomic E-state index is 0.132. The summed E-state index contributed by atoms with van der Waals surface area (Å²) in [6.07, 6.45) is 0.790. The summed E-state index contributed by atoms with van der Waals surface area (Å²) in [5.41, 5.74) is 7.91. The van der Waals surface area contributed by atoms with E-state index in [0.717, 1.165) is 22.2 Å². The monoisotopic (exact) mass is 267 g/mol. The third-order valence-corrected chi connectivity index (χ3v) is 3.00. The summed E-state index contributed by atoms with van der Waals surface area (Å²) in [5, 5.41) is 1.17. The topological polar surface area (TPSA) is 39.2 Å². The predicted octanol–water partition coefficient (Wildman–Crippen LogP) is 3.39. The fourth-order valence-electron chi connectivity index (χ4n) is 1.73. The van der Waals surface area contributed by atoms with Gasteiger partial charge in [0.2, 0.25) is 0 Å². The molecule has 0 aliphatic rings. The maximum Gasteiger partial charge on any atom is 0.134 e. The fraction of sp³-hybridized carbons (Fsp3) is 0.333. The molecule has 3 heteroatoms. The SMILES string of the molecule is Cc1c(CC(C)N)oc2ccc(Br)cc12. The molecule has 1 atom stereocenters. The van der Waals surface area contributed by atoms with Crippen LogP contribution in [0.3, 0.4) is 0 Å². The van der Waals surface area contributed by atoms with Crippen LogP contribution in [-0.4, -0.2) is 6.04 Å². The van der Waals surface area contributed by atoms with Crippen molar-refractivity contribution in [2.24, 2.45) is 5.73 Å². The molecule has 0 saturated heterocycles. The number of rotatable bonds is 2. The summed E-state index contributed by atoms with van der Waals surface area (Å²) in [6.45, 7) is 4.07. The van der Waals surface area contributed by atoms with Gasteiger partial charge in [-0.2, -0.15) is 0 Å². The number of benzene rings is 1. The Morgan fingerprint density at radius 1 is 1.47 bits per heavy atom. The molecule has 0 spiro atoms. The van der Waals surface area contributed by atoms with Gasteiger partial charge in [0.1, 0.15) is 11.3 Å². The third-order valence-electron chi connectivity index (χ3n) is 2.50. The molecule has 2 rings (SSSR count). The van der Waals surface area contributed by atoms with Crippen LogP contribution in [0.25, 0.3) is 11.0 Å². The van der Waals surface area contributed by atoms with Gasteiger partial charge in [0, 0.05) is 22.3 Å². The zero-order valence-corrected chi connectivity index (χ0v) is 10.5. The largest absolute Gasteiger partial charge is 0.461 e. The number of furan rings is 1. The minimum Gasteiger partial charge on any atom is -0.461 e. The molecule has 2 nitrogen and oxygen atoms in total. The van der Waals surface area contributed by atoms with Crippen LogP contribution in [0, 0.1) is 6.92 Å². The van der Waals surface area contributed by atoms with E-state index in [1.807, 2.05) is 19.1 Å². The van der Waals surface area contributed by atoms with Crippen LogP contribution in [-0.2, 0) is 6.42 Å². The van der Waals surface area contributed by atoms with Crippen LogP contribution >= 0.6 is 15.9 Å². The van der Waals surface area contributed by atoms with Gasteiger partial charge in [-0.1, -0.05) is 15.9 Å². The average Bonchev–Trinajstić information content (AvgIpc) is 2.44. The Balaban J connectivity index is 2.54. The van der Waals surface area contributed by atoms with Crippen molar-refractivity contribution in [1.82, 2.24) is 0 Å². The first kappa shape index (κ1) is 10.7.